The molecule has 0 aliphatic carbocycles. The summed E-state index contributed by atoms with van der Waals surface area (Å²) in [5, 5.41) is 7.63. The summed E-state index contributed by atoms with van der Waals surface area (Å²) in [5.41, 5.74) is 5.36. The summed E-state index contributed by atoms with van der Waals surface area (Å²) in [6.07, 6.45) is 2.63. The number of piperazine rings is 1. The van der Waals surface area contributed by atoms with Crippen molar-refractivity contribution in [1.82, 2.24) is 20.4 Å². The van der Waals surface area contributed by atoms with Gasteiger partial charge in [-0.05, 0) is 120 Å². The Morgan fingerprint density at radius 1 is 0.725 bits per heavy atom. The molecule has 3 heterocycles. The van der Waals surface area contributed by atoms with Crippen molar-refractivity contribution in [1.29, 1.82) is 0 Å². The van der Waals surface area contributed by atoms with Gasteiger partial charge < -0.3 is 34.1 Å². The SMILES string of the molecule is CS(=O)(=O)c1ccc(-c2ccc3cc(OCc4ccccc4)ccc3c2Oc2ccc(OCCCNCCOCCN3CCN(c4ccc5c(c4)CN(C4CCC(=O)NC4=O)C5=O)CC3)cc2)cc1. The third-order valence-electron chi connectivity index (χ3n) is 12.8. The fourth-order valence-corrected chi connectivity index (χ4v) is 9.62. The van der Waals surface area contributed by atoms with E-state index in [1.807, 2.05) is 97.1 Å². The van der Waals surface area contributed by atoms with Crippen LogP contribution in [0.5, 0.6) is 23.0 Å². The van der Waals surface area contributed by atoms with Gasteiger partial charge in [0, 0.05) is 80.7 Å². The maximum atomic E-state index is 13.1. The number of rotatable bonds is 20. The Morgan fingerprint density at radius 3 is 2.25 bits per heavy atom. The Labute approximate surface area is 403 Å². The Hall–Kier alpha value is -6.78. The fourth-order valence-electron chi connectivity index (χ4n) is 8.99. The lowest BCUT2D eigenvalue weighted by Gasteiger charge is -2.36. The molecule has 15 heteroatoms. The van der Waals surface area contributed by atoms with Gasteiger partial charge in [0.1, 0.15) is 35.6 Å². The van der Waals surface area contributed by atoms with Crippen LogP contribution in [0.1, 0.15) is 40.7 Å². The van der Waals surface area contributed by atoms with E-state index in [-0.39, 0.29) is 23.1 Å². The quantitative estimate of drug-likeness (QED) is 0.0586. The van der Waals surface area contributed by atoms with Gasteiger partial charge in [-0.25, -0.2) is 8.42 Å². The smallest absolute Gasteiger partial charge is 0.255 e. The van der Waals surface area contributed by atoms with E-state index in [4.69, 9.17) is 18.9 Å². The second kappa shape index (κ2) is 21.7. The molecule has 0 radical (unpaired) electrons. The number of imide groups is 1. The molecule has 69 heavy (non-hydrogen) atoms. The molecule has 2 fully saturated rings. The number of nitrogens with zero attached hydrogens (tertiary/aromatic N) is 3. The molecule has 6 aromatic carbocycles. The Morgan fingerprint density at radius 2 is 1.48 bits per heavy atom. The van der Waals surface area contributed by atoms with Gasteiger partial charge in [0.2, 0.25) is 11.8 Å². The van der Waals surface area contributed by atoms with Crippen LogP contribution in [-0.2, 0) is 37.3 Å². The second-order valence-corrected chi connectivity index (χ2v) is 19.6. The first-order valence-electron chi connectivity index (χ1n) is 23.5. The second-order valence-electron chi connectivity index (χ2n) is 17.6. The lowest BCUT2D eigenvalue weighted by atomic mass is 9.99. The van der Waals surface area contributed by atoms with Crippen molar-refractivity contribution < 1.29 is 41.7 Å². The average molecular weight is 952 g/mol. The predicted octanol–water partition coefficient (Wildman–Crippen LogP) is 7.24. The molecule has 3 aliphatic heterocycles. The minimum absolute atomic E-state index is 0.151. The third-order valence-corrected chi connectivity index (χ3v) is 13.9. The molecule has 6 aromatic rings. The van der Waals surface area contributed by atoms with E-state index >= 15 is 0 Å². The first kappa shape index (κ1) is 47.3. The van der Waals surface area contributed by atoms with Gasteiger partial charge in [0.25, 0.3) is 5.91 Å². The van der Waals surface area contributed by atoms with Gasteiger partial charge in [-0.1, -0.05) is 48.5 Å². The number of sulfone groups is 1. The Kier molecular flexibility index (Phi) is 14.9. The van der Waals surface area contributed by atoms with Crippen molar-refractivity contribution >= 4 is 44.0 Å². The highest BCUT2D eigenvalue weighted by Gasteiger charge is 2.39. The van der Waals surface area contributed by atoms with Crippen LogP contribution in [0.4, 0.5) is 5.69 Å². The van der Waals surface area contributed by atoms with Crippen molar-refractivity contribution in [2.24, 2.45) is 0 Å². The van der Waals surface area contributed by atoms with Gasteiger partial charge in [0.05, 0.1) is 24.7 Å². The minimum atomic E-state index is -3.35. The zero-order valence-electron chi connectivity index (χ0n) is 38.7. The summed E-state index contributed by atoms with van der Waals surface area (Å²) in [4.78, 5) is 43.7. The number of fused-ring (bicyclic) bond motifs is 2. The van der Waals surface area contributed by atoms with Crippen LogP contribution >= 0.6 is 0 Å². The average Bonchev–Trinajstić information content (AvgIpc) is 3.69. The number of piperidine rings is 1. The van der Waals surface area contributed by atoms with E-state index in [2.05, 4.69) is 26.5 Å². The first-order valence-corrected chi connectivity index (χ1v) is 25.4. The summed E-state index contributed by atoms with van der Waals surface area (Å²) in [5.74, 6) is 1.93. The summed E-state index contributed by atoms with van der Waals surface area (Å²) in [7, 11) is -3.35. The number of ether oxygens (including phenoxy) is 4. The topological polar surface area (TPSA) is 156 Å². The predicted molar refractivity (Wildman–Crippen MR) is 265 cm³/mol. The minimum Gasteiger partial charge on any atom is -0.494 e. The van der Waals surface area contributed by atoms with Gasteiger partial charge in [-0.2, -0.15) is 0 Å². The molecule has 2 saturated heterocycles. The molecule has 1 atom stereocenters. The molecule has 0 bridgehead atoms. The van der Waals surface area contributed by atoms with Crippen LogP contribution < -0.4 is 29.7 Å². The third kappa shape index (κ3) is 11.7. The van der Waals surface area contributed by atoms with Crippen LogP contribution in [0.2, 0.25) is 0 Å². The monoisotopic (exact) mass is 951 g/mol. The fraction of sp³-hybridized carbons (Fsp3) is 0.315. The highest BCUT2D eigenvalue weighted by atomic mass is 32.2. The maximum absolute atomic E-state index is 13.1. The van der Waals surface area contributed by atoms with E-state index in [1.165, 1.54) is 6.26 Å². The molecule has 9 rings (SSSR count). The molecular weight excluding hydrogens is 895 g/mol. The number of carbonyl (C=O) groups is 3. The van der Waals surface area contributed by atoms with E-state index < -0.39 is 21.8 Å². The van der Waals surface area contributed by atoms with Gasteiger partial charge >= 0.3 is 0 Å². The lowest BCUT2D eigenvalue weighted by molar-refractivity contribution is -0.136. The molecule has 14 nitrogen and oxygen atoms in total. The Bertz CT molecular complexity index is 2890. The van der Waals surface area contributed by atoms with Crippen molar-refractivity contribution in [3.63, 3.8) is 0 Å². The number of anilines is 1. The van der Waals surface area contributed by atoms with Crippen LogP contribution in [0.15, 0.2) is 132 Å². The van der Waals surface area contributed by atoms with E-state index in [9.17, 15) is 22.8 Å². The molecule has 3 amide bonds. The zero-order chi connectivity index (χ0) is 47.7. The van der Waals surface area contributed by atoms with Gasteiger partial charge in [-0.15, -0.1) is 0 Å². The van der Waals surface area contributed by atoms with E-state index in [0.29, 0.717) is 56.5 Å². The van der Waals surface area contributed by atoms with Crippen LogP contribution in [0, 0.1) is 0 Å². The molecule has 2 N–H and O–H groups in total. The molecule has 0 saturated carbocycles. The van der Waals surface area contributed by atoms with E-state index in [0.717, 1.165) is 102 Å². The molecule has 3 aliphatic rings. The van der Waals surface area contributed by atoms with Crippen LogP contribution in [0.3, 0.4) is 0 Å². The number of hydrogen-bond acceptors (Lipinski definition) is 12. The maximum Gasteiger partial charge on any atom is 0.255 e. The highest BCUT2D eigenvalue weighted by molar-refractivity contribution is 7.90. The lowest BCUT2D eigenvalue weighted by Crippen LogP contribution is -2.52. The Balaban J connectivity index is 0.684. The number of benzene rings is 6. The summed E-state index contributed by atoms with van der Waals surface area (Å²) < 4.78 is 49.1. The number of carbonyl (C=O) groups excluding carboxylic acids is 3. The number of amides is 3. The van der Waals surface area contributed by atoms with Crippen LogP contribution in [0.25, 0.3) is 21.9 Å². The van der Waals surface area contributed by atoms with Crippen LogP contribution in [-0.4, -0.2) is 114 Å². The first-order chi connectivity index (χ1) is 33.6. The molecule has 1 unspecified atom stereocenters. The zero-order valence-corrected chi connectivity index (χ0v) is 39.5. The standard InChI is InChI=1S/C54H57N5O9S/c1-69(63,64)46-17-8-39(9-18-46)47-19-10-40-35-45(67-37-38-6-3-2-4-7-38)16-21-48(40)52(47)68-44-14-12-43(13-15-44)66-31-5-24-55-25-32-65-33-30-57-26-28-58(29-27-57)42-11-20-49-41(34-42)36-59(54(49)62)50-22-23-51(60)56-53(50)61/h2-4,6-21,34-35,50,55H,5,22-33,36-37H2,1H3,(H,56,60,61). The molecule has 358 valence electrons. The molecule has 0 aromatic heterocycles. The summed E-state index contributed by atoms with van der Waals surface area (Å²) in [6, 6.07) is 39.7. The van der Waals surface area contributed by atoms with Crippen molar-refractivity contribution in [2.75, 3.05) is 76.8 Å². The van der Waals surface area contributed by atoms with Crippen molar-refractivity contribution in [2.45, 2.75) is 43.4 Å². The molecule has 0 spiro atoms. The summed E-state index contributed by atoms with van der Waals surface area (Å²) >= 11 is 0. The van der Waals surface area contributed by atoms with Crippen molar-refractivity contribution in [3.05, 3.63) is 144 Å². The summed E-state index contributed by atoms with van der Waals surface area (Å²) in [6.45, 7) is 8.66. The largest absolute Gasteiger partial charge is 0.494 e. The van der Waals surface area contributed by atoms with Gasteiger partial charge in [0.15, 0.2) is 9.84 Å². The number of nitrogens with one attached hydrogen (secondary N) is 2. The number of hydrogen-bond donors (Lipinski definition) is 2. The van der Waals surface area contributed by atoms with Gasteiger partial charge in [-0.3, -0.25) is 24.6 Å². The molecular formula is C54H57N5O9S. The van der Waals surface area contributed by atoms with Crippen molar-refractivity contribution in [3.8, 4) is 34.1 Å². The normalized spacial score (nSPS) is 16.4. The van der Waals surface area contributed by atoms with E-state index in [1.54, 1.807) is 29.2 Å². The highest BCUT2D eigenvalue weighted by Crippen LogP contribution is 2.41.